The van der Waals surface area contributed by atoms with Gasteiger partial charge >= 0.3 is 5.97 Å². The quantitative estimate of drug-likeness (QED) is 0.738. The Morgan fingerprint density at radius 2 is 2.21 bits per heavy atom. The van der Waals surface area contributed by atoms with Crippen LogP contribution in [0.5, 0.6) is 0 Å². The second-order valence-electron chi connectivity index (χ2n) is 3.83. The predicted molar refractivity (Wildman–Crippen MR) is 67.2 cm³/mol. The molecule has 6 heteroatoms. The van der Waals surface area contributed by atoms with Gasteiger partial charge in [-0.15, -0.1) is 0 Å². The SMILES string of the molecule is CCOC(=O)CCN(C)C(=O)c1ccc(C#N)cn1. The summed E-state index contributed by atoms with van der Waals surface area (Å²) in [5, 5.41) is 8.64. The van der Waals surface area contributed by atoms with E-state index >= 15 is 0 Å². The average molecular weight is 261 g/mol. The maximum Gasteiger partial charge on any atom is 0.307 e. The van der Waals surface area contributed by atoms with Gasteiger partial charge < -0.3 is 9.64 Å². The molecule has 6 nitrogen and oxygen atoms in total. The van der Waals surface area contributed by atoms with Crippen LogP contribution in [0.2, 0.25) is 0 Å². The molecule has 0 aliphatic heterocycles. The Bertz CT molecular complexity index is 491. The number of nitriles is 1. The smallest absolute Gasteiger partial charge is 0.307 e. The molecule has 1 rings (SSSR count). The fraction of sp³-hybridized carbons (Fsp3) is 0.385. The van der Waals surface area contributed by atoms with Crippen molar-refractivity contribution in [2.45, 2.75) is 13.3 Å². The Morgan fingerprint density at radius 3 is 2.74 bits per heavy atom. The molecule has 1 amide bonds. The zero-order chi connectivity index (χ0) is 14.3. The standard InChI is InChI=1S/C13H15N3O3/c1-3-19-12(17)6-7-16(2)13(18)11-5-4-10(8-14)9-15-11/h4-5,9H,3,6-7H2,1-2H3. The van der Waals surface area contributed by atoms with Crippen LogP contribution in [0.3, 0.4) is 0 Å². The lowest BCUT2D eigenvalue weighted by atomic mass is 10.2. The van der Waals surface area contributed by atoms with Crippen molar-refractivity contribution in [1.29, 1.82) is 5.26 Å². The molecule has 0 aromatic carbocycles. The number of nitrogens with zero attached hydrogens (tertiary/aromatic N) is 3. The van der Waals surface area contributed by atoms with Crippen molar-refractivity contribution in [3.05, 3.63) is 29.6 Å². The van der Waals surface area contributed by atoms with E-state index in [-0.39, 0.29) is 30.5 Å². The molecule has 1 aromatic rings. The molecule has 1 aromatic heterocycles. The highest BCUT2D eigenvalue weighted by atomic mass is 16.5. The highest BCUT2D eigenvalue weighted by Crippen LogP contribution is 2.03. The van der Waals surface area contributed by atoms with Gasteiger partial charge in [0.15, 0.2) is 0 Å². The van der Waals surface area contributed by atoms with E-state index in [0.29, 0.717) is 12.2 Å². The Balaban J connectivity index is 2.56. The zero-order valence-corrected chi connectivity index (χ0v) is 10.9. The number of carbonyl (C=O) groups excluding carboxylic acids is 2. The third-order valence-corrected chi connectivity index (χ3v) is 2.42. The number of amides is 1. The van der Waals surface area contributed by atoms with Crippen molar-refractivity contribution in [1.82, 2.24) is 9.88 Å². The molecule has 19 heavy (non-hydrogen) atoms. The van der Waals surface area contributed by atoms with Crippen LogP contribution in [-0.2, 0) is 9.53 Å². The summed E-state index contributed by atoms with van der Waals surface area (Å²) in [4.78, 5) is 28.4. The van der Waals surface area contributed by atoms with Gasteiger partial charge in [0.25, 0.3) is 5.91 Å². The summed E-state index contributed by atoms with van der Waals surface area (Å²) in [6, 6.07) is 4.94. The topological polar surface area (TPSA) is 83.3 Å². The van der Waals surface area contributed by atoms with Crippen LogP contribution in [0.15, 0.2) is 18.3 Å². The molecule has 0 saturated heterocycles. The number of aromatic nitrogens is 1. The van der Waals surface area contributed by atoms with Crippen molar-refractivity contribution in [2.24, 2.45) is 0 Å². The van der Waals surface area contributed by atoms with E-state index in [9.17, 15) is 9.59 Å². The number of carbonyl (C=O) groups is 2. The van der Waals surface area contributed by atoms with Crippen molar-refractivity contribution < 1.29 is 14.3 Å². The van der Waals surface area contributed by atoms with Gasteiger partial charge in [-0.2, -0.15) is 5.26 Å². The van der Waals surface area contributed by atoms with Crippen LogP contribution in [-0.4, -0.2) is 42.0 Å². The first-order valence-corrected chi connectivity index (χ1v) is 5.85. The first kappa shape index (κ1) is 14.6. The van der Waals surface area contributed by atoms with Gasteiger partial charge in [-0.3, -0.25) is 9.59 Å². The van der Waals surface area contributed by atoms with E-state index in [1.807, 2.05) is 6.07 Å². The molecule has 0 saturated carbocycles. The lowest BCUT2D eigenvalue weighted by molar-refractivity contribution is -0.143. The number of pyridine rings is 1. The normalized spacial score (nSPS) is 9.53. The van der Waals surface area contributed by atoms with Crippen LogP contribution < -0.4 is 0 Å². The molecule has 100 valence electrons. The Kier molecular flexibility index (Phi) is 5.48. The minimum atomic E-state index is -0.338. The summed E-state index contributed by atoms with van der Waals surface area (Å²) < 4.78 is 4.78. The molecule has 0 N–H and O–H groups in total. The van der Waals surface area contributed by atoms with Gasteiger partial charge in [0.2, 0.25) is 0 Å². The van der Waals surface area contributed by atoms with E-state index < -0.39 is 0 Å². The van der Waals surface area contributed by atoms with Crippen LogP contribution in [0.25, 0.3) is 0 Å². The van der Waals surface area contributed by atoms with Crippen molar-refractivity contribution in [2.75, 3.05) is 20.2 Å². The van der Waals surface area contributed by atoms with Gasteiger partial charge in [-0.1, -0.05) is 0 Å². The van der Waals surface area contributed by atoms with E-state index in [2.05, 4.69) is 4.98 Å². The van der Waals surface area contributed by atoms with Crippen LogP contribution >= 0.6 is 0 Å². The number of hydrogen-bond donors (Lipinski definition) is 0. The summed E-state index contributed by atoms with van der Waals surface area (Å²) in [6.07, 6.45) is 1.48. The van der Waals surface area contributed by atoms with Gasteiger partial charge in [0.05, 0.1) is 18.6 Å². The summed E-state index contributed by atoms with van der Waals surface area (Å²) in [7, 11) is 1.58. The van der Waals surface area contributed by atoms with E-state index in [0.717, 1.165) is 0 Å². The Hall–Kier alpha value is -2.42. The number of rotatable bonds is 5. The highest BCUT2D eigenvalue weighted by Gasteiger charge is 2.14. The van der Waals surface area contributed by atoms with E-state index in [1.165, 1.54) is 23.2 Å². The monoisotopic (exact) mass is 261 g/mol. The summed E-state index contributed by atoms with van der Waals surface area (Å²) in [5.74, 6) is -0.635. The van der Waals surface area contributed by atoms with Crippen molar-refractivity contribution in [3.8, 4) is 6.07 Å². The Morgan fingerprint density at radius 1 is 1.47 bits per heavy atom. The summed E-state index contributed by atoms with van der Waals surface area (Å²) in [5.41, 5.74) is 0.635. The predicted octanol–water partition coefficient (Wildman–Crippen LogP) is 0.978. The molecule has 0 atom stereocenters. The van der Waals surface area contributed by atoms with Gasteiger partial charge in [0, 0.05) is 19.8 Å². The molecule has 0 fully saturated rings. The Labute approximate surface area is 111 Å². The van der Waals surface area contributed by atoms with Crippen LogP contribution in [0.4, 0.5) is 0 Å². The van der Waals surface area contributed by atoms with E-state index in [4.69, 9.17) is 10.00 Å². The number of ether oxygens (including phenoxy) is 1. The maximum atomic E-state index is 11.9. The maximum absolute atomic E-state index is 11.9. The molecule has 0 radical (unpaired) electrons. The molecule has 0 aliphatic rings. The third-order valence-electron chi connectivity index (χ3n) is 2.42. The fourth-order valence-corrected chi connectivity index (χ4v) is 1.38. The first-order valence-electron chi connectivity index (χ1n) is 5.85. The molecule has 0 aliphatic carbocycles. The minimum absolute atomic E-state index is 0.145. The highest BCUT2D eigenvalue weighted by molar-refractivity contribution is 5.92. The lowest BCUT2D eigenvalue weighted by Gasteiger charge is -2.15. The summed E-state index contributed by atoms with van der Waals surface area (Å²) in [6.45, 7) is 2.32. The molecule has 0 unspecified atom stereocenters. The minimum Gasteiger partial charge on any atom is -0.466 e. The molecular weight excluding hydrogens is 246 g/mol. The largest absolute Gasteiger partial charge is 0.466 e. The van der Waals surface area contributed by atoms with Crippen LogP contribution in [0.1, 0.15) is 29.4 Å². The molecule has 0 spiro atoms. The molecule has 1 heterocycles. The van der Waals surface area contributed by atoms with Gasteiger partial charge in [0.1, 0.15) is 11.8 Å². The second-order valence-corrected chi connectivity index (χ2v) is 3.83. The molecular formula is C13H15N3O3. The molecule has 0 bridgehead atoms. The third kappa shape index (κ3) is 4.39. The van der Waals surface area contributed by atoms with Gasteiger partial charge in [-0.25, -0.2) is 4.98 Å². The van der Waals surface area contributed by atoms with Crippen LogP contribution in [0, 0.1) is 11.3 Å². The first-order chi connectivity index (χ1) is 9.08. The van der Waals surface area contributed by atoms with Crippen molar-refractivity contribution >= 4 is 11.9 Å². The fourth-order valence-electron chi connectivity index (χ4n) is 1.38. The zero-order valence-electron chi connectivity index (χ0n) is 10.9. The number of hydrogen-bond acceptors (Lipinski definition) is 5. The lowest BCUT2D eigenvalue weighted by Crippen LogP contribution is -2.30. The van der Waals surface area contributed by atoms with Gasteiger partial charge in [-0.05, 0) is 19.1 Å². The van der Waals surface area contributed by atoms with E-state index in [1.54, 1.807) is 14.0 Å². The number of esters is 1. The summed E-state index contributed by atoms with van der Waals surface area (Å²) >= 11 is 0. The average Bonchev–Trinajstić information content (AvgIpc) is 2.44. The van der Waals surface area contributed by atoms with Crippen molar-refractivity contribution in [3.63, 3.8) is 0 Å². The second kappa shape index (κ2) is 7.11.